The number of halogens is 3. The molecule has 1 heterocycles. The van der Waals surface area contributed by atoms with E-state index >= 15 is 0 Å². The molecule has 2 N–H and O–H groups in total. The van der Waals surface area contributed by atoms with Crippen LogP contribution in [0.25, 0.3) is 0 Å². The third kappa shape index (κ3) is 5.07. The van der Waals surface area contributed by atoms with E-state index in [2.05, 4.69) is 15.5 Å². The number of nitrogens with one attached hydrogen (secondary N) is 2. The Balaban J connectivity index is 0.00000156. The fourth-order valence-electron chi connectivity index (χ4n) is 3.80. The monoisotopic (exact) mass is 391 g/mol. The number of nitrogens with zero attached hydrogens (tertiary/aromatic N) is 1. The van der Waals surface area contributed by atoms with Crippen molar-refractivity contribution in [2.45, 2.75) is 25.3 Å². The van der Waals surface area contributed by atoms with Crippen molar-refractivity contribution in [3.05, 3.63) is 35.6 Å². The van der Waals surface area contributed by atoms with E-state index in [4.69, 9.17) is 0 Å². The highest BCUT2D eigenvalue weighted by molar-refractivity contribution is 5.85. The van der Waals surface area contributed by atoms with E-state index in [1.807, 2.05) is 14.1 Å². The van der Waals surface area contributed by atoms with E-state index < -0.39 is 0 Å². The SMILES string of the molecule is CN(C)C(CNC(=O)C1CC12CCNCC2)c1ccc(F)cc1.Cl.Cl. The summed E-state index contributed by atoms with van der Waals surface area (Å²) in [5.74, 6) is 0.127. The summed E-state index contributed by atoms with van der Waals surface area (Å²) in [4.78, 5) is 14.5. The van der Waals surface area contributed by atoms with Crippen molar-refractivity contribution < 1.29 is 9.18 Å². The third-order valence-electron chi connectivity index (χ3n) is 5.45. The van der Waals surface area contributed by atoms with Crippen LogP contribution >= 0.6 is 24.8 Å². The van der Waals surface area contributed by atoms with Crippen molar-refractivity contribution in [3.63, 3.8) is 0 Å². The van der Waals surface area contributed by atoms with Gasteiger partial charge in [0.15, 0.2) is 0 Å². The molecule has 0 bridgehead atoms. The number of likely N-dealkylation sites (N-methyl/N-ethyl adjacent to an activating group) is 1. The molecular formula is C18H28Cl2FN3O. The minimum absolute atomic E-state index is 0. The highest BCUT2D eigenvalue weighted by atomic mass is 35.5. The molecule has 142 valence electrons. The molecule has 2 unspecified atom stereocenters. The van der Waals surface area contributed by atoms with Crippen LogP contribution in [0.15, 0.2) is 24.3 Å². The van der Waals surface area contributed by atoms with E-state index in [9.17, 15) is 9.18 Å². The summed E-state index contributed by atoms with van der Waals surface area (Å²) in [5, 5.41) is 6.48. The van der Waals surface area contributed by atoms with E-state index in [0.29, 0.717) is 6.54 Å². The van der Waals surface area contributed by atoms with Gasteiger partial charge in [-0.2, -0.15) is 0 Å². The van der Waals surface area contributed by atoms with Gasteiger partial charge in [-0.05, 0) is 69.6 Å². The second-order valence-corrected chi connectivity index (χ2v) is 7.15. The standard InChI is InChI=1S/C18H26FN3O.2ClH/c1-22(2)16(13-3-5-14(19)6-4-13)12-21-17(23)15-11-18(15)7-9-20-10-8-18;;/h3-6,15-16,20H,7-12H2,1-2H3,(H,21,23);2*1H. The van der Waals surface area contributed by atoms with Gasteiger partial charge in [0.1, 0.15) is 5.82 Å². The van der Waals surface area contributed by atoms with E-state index in [-0.39, 0.29) is 53.9 Å². The van der Waals surface area contributed by atoms with Crippen LogP contribution in [0.1, 0.15) is 30.9 Å². The summed E-state index contributed by atoms with van der Waals surface area (Å²) in [7, 11) is 3.96. The quantitative estimate of drug-likeness (QED) is 0.810. The van der Waals surface area contributed by atoms with Crippen LogP contribution < -0.4 is 10.6 Å². The predicted octanol–water partition coefficient (Wildman–Crippen LogP) is 2.78. The van der Waals surface area contributed by atoms with Crippen LogP contribution in [0.3, 0.4) is 0 Å². The van der Waals surface area contributed by atoms with Crippen molar-refractivity contribution in [3.8, 4) is 0 Å². The summed E-state index contributed by atoms with van der Waals surface area (Å²) in [6.07, 6.45) is 3.25. The van der Waals surface area contributed by atoms with Gasteiger partial charge in [0.05, 0.1) is 6.04 Å². The molecule has 0 radical (unpaired) electrons. The van der Waals surface area contributed by atoms with Gasteiger partial charge in [-0.15, -0.1) is 24.8 Å². The number of rotatable bonds is 5. The molecule has 1 saturated carbocycles. The molecule has 3 rings (SSSR count). The number of piperidine rings is 1. The average molecular weight is 392 g/mol. The van der Waals surface area contributed by atoms with Crippen LogP contribution in [0, 0.1) is 17.2 Å². The molecule has 1 aliphatic carbocycles. The van der Waals surface area contributed by atoms with Gasteiger partial charge >= 0.3 is 0 Å². The fourth-order valence-corrected chi connectivity index (χ4v) is 3.80. The van der Waals surface area contributed by atoms with E-state index in [1.54, 1.807) is 12.1 Å². The summed E-state index contributed by atoms with van der Waals surface area (Å²) in [6.45, 7) is 2.61. The normalized spacial score (nSPS) is 21.8. The Kier molecular flexibility index (Phi) is 8.13. The van der Waals surface area contributed by atoms with Crippen molar-refractivity contribution in [1.82, 2.24) is 15.5 Å². The molecule has 2 fully saturated rings. The number of benzene rings is 1. The molecule has 4 nitrogen and oxygen atoms in total. The second-order valence-electron chi connectivity index (χ2n) is 7.15. The minimum Gasteiger partial charge on any atom is -0.354 e. The molecule has 1 aliphatic heterocycles. The van der Waals surface area contributed by atoms with Gasteiger partial charge < -0.3 is 15.5 Å². The Morgan fingerprint density at radius 3 is 2.44 bits per heavy atom. The smallest absolute Gasteiger partial charge is 0.223 e. The summed E-state index contributed by atoms with van der Waals surface area (Å²) in [6, 6.07) is 6.58. The number of hydrogen-bond donors (Lipinski definition) is 2. The second kappa shape index (κ2) is 9.17. The van der Waals surface area contributed by atoms with Crippen molar-refractivity contribution in [2.75, 3.05) is 33.7 Å². The first kappa shape index (κ1) is 22.2. The van der Waals surface area contributed by atoms with Gasteiger partial charge in [-0.3, -0.25) is 4.79 Å². The molecule has 1 aromatic rings. The summed E-state index contributed by atoms with van der Waals surface area (Å²) in [5.41, 5.74) is 1.28. The Bertz CT molecular complexity index is 562. The first-order valence-electron chi connectivity index (χ1n) is 8.42. The van der Waals surface area contributed by atoms with Gasteiger partial charge in [-0.25, -0.2) is 4.39 Å². The zero-order chi connectivity index (χ0) is 16.4. The molecule has 25 heavy (non-hydrogen) atoms. The molecule has 1 saturated heterocycles. The first-order chi connectivity index (χ1) is 11.0. The first-order valence-corrected chi connectivity index (χ1v) is 8.42. The van der Waals surface area contributed by atoms with E-state index in [1.165, 1.54) is 12.1 Å². The zero-order valence-corrected chi connectivity index (χ0v) is 16.4. The summed E-state index contributed by atoms with van der Waals surface area (Å²) >= 11 is 0. The lowest BCUT2D eigenvalue weighted by atomic mass is 9.91. The van der Waals surface area contributed by atoms with Crippen LogP contribution in [0.4, 0.5) is 4.39 Å². The molecule has 0 aromatic heterocycles. The number of amides is 1. The molecular weight excluding hydrogens is 364 g/mol. The minimum atomic E-state index is -0.235. The van der Waals surface area contributed by atoms with Crippen molar-refractivity contribution in [1.29, 1.82) is 0 Å². The fraction of sp³-hybridized carbons (Fsp3) is 0.611. The third-order valence-corrected chi connectivity index (χ3v) is 5.45. The van der Waals surface area contributed by atoms with Crippen LogP contribution in [-0.4, -0.2) is 44.5 Å². The van der Waals surface area contributed by atoms with E-state index in [0.717, 1.165) is 37.9 Å². The van der Waals surface area contributed by atoms with Crippen molar-refractivity contribution in [2.24, 2.45) is 11.3 Å². The molecule has 1 amide bonds. The lowest BCUT2D eigenvalue weighted by Gasteiger charge is -2.26. The van der Waals surface area contributed by atoms with Gasteiger partial charge in [0, 0.05) is 12.5 Å². The maximum Gasteiger partial charge on any atom is 0.223 e. The molecule has 1 spiro atoms. The lowest BCUT2D eigenvalue weighted by molar-refractivity contribution is -0.123. The van der Waals surface area contributed by atoms with Crippen LogP contribution in [0.2, 0.25) is 0 Å². The zero-order valence-electron chi connectivity index (χ0n) is 14.8. The lowest BCUT2D eigenvalue weighted by Crippen LogP contribution is -2.37. The Labute approximate surface area is 161 Å². The molecule has 1 aromatic carbocycles. The molecule has 7 heteroatoms. The number of hydrogen-bond acceptors (Lipinski definition) is 3. The maximum atomic E-state index is 13.1. The molecule has 2 aliphatic rings. The largest absolute Gasteiger partial charge is 0.354 e. The van der Waals surface area contributed by atoms with Gasteiger partial charge in [-0.1, -0.05) is 12.1 Å². The maximum absolute atomic E-state index is 13.1. The number of carbonyl (C=O) groups excluding carboxylic acids is 1. The topological polar surface area (TPSA) is 44.4 Å². The number of carbonyl (C=O) groups is 1. The van der Waals surface area contributed by atoms with Gasteiger partial charge in [0.25, 0.3) is 0 Å². The van der Waals surface area contributed by atoms with Crippen LogP contribution in [-0.2, 0) is 4.79 Å². The van der Waals surface area contributed by atoms with Crippen LogP contribution in [0.5, 0.6) is 0 Å². The Hall–Kier alpha value is -0.880. The predicted molar refractivity (Wildman–Crippen MR) is 103 cm³/mol. The van der Waals surface area contributed by atoms with Crippen molar-refractivity contribution >= 4 is 30.7 Å². The average Bonchev–Trinajstić information content (AvgIpc) is 3.22. The van der Waals surface area contributed by atoms with Gasteiger partial charge in [0.2, 0.25) is 5.91 Å². The highest BCUT2D eigenvalue weighted by Crippen LogP contribution is 2.58. The molecule has 2 atom stereocenters. The highest BCUT2D eigenvalue weighted by Gasteiger charge is 2.57. The Morgan fingerprint density at radius 2 is 1.88 bits per heavy atom. The summed E-state index contributed by atoms with van der Waals surface area (Å²) < 4.78 is 13.1. The Morgan fingerprint density at radius 1 is 1.28 bits per heavy atom.